The van der Waals surface area contributed by atoms with Gasteiger partial charge < -0.3 is 15.1 Å². The number of aryl methyl sites for hydroxylation is 1. The van der Waals surface area contributed by atoms with Crippen LogP contribution in [0.15, 0.2) is 48.5 Å². The molecule has 1 aliphatic heterocycles. The summed E-state index contributed by atoms with van der Waals surface area (Å²) in [6, 6.07) is 15.8. The zero-order chi connectivity index (χ0) is 20.8. The zero-order valence-electron chi connectivity index (χ0n) is 17.6. The second kappa shape index (κ2) is 9.59. The lowest BCUT2D eigenvalue weighted by Crippen LogP contribution is -2.33. The molecule has 2 amide bonds. The molecule has 5 heteroatoms. The molecule has 29 heavy (non-hydrogen) atoms. The summed E-state index contributed by atoms with van der Waals surface area (Å²) in [7, 11) is 0. The van der Waals surface area contributed by atoms with Gasteiger partial charge in [0.1, 0.15) is 0 Å². The van der Waals surface area contributed by atoms with Crippen molar-refractivity contribution in [2.24, 2.45) is 5.92 Å². The van der Waals surface area contributed by atoms with Gasteiger partial charge in [0.2, 0.25) is 11.8 Å². The van der Waals surface area contributed by atoms with Crippen molar-refractivity contribution in [3.05, 3.63) is 54.1 Å². The topological polar surface area (TPSA) is 52.7 Å². The van der Waals surface area contributed by atoms with Gasteiger partial charge in [-0.25, -0.2) is 0 Å². The quantitative estimate of drug-likeness (QED) is 0.779. The van der Waals surface area contributed by atoms with Crippen LogP contribution in [0.25, 0.3) is 0 Å². The first-order chi connectivity index (χ1) is 13.9. The molecule has 0 unspecified atom stereocenters. The van der Waals surface area contributed by atoms with Crippen LogP contribution in [0, 0.1) is 12.8 Å². The second-order valence-electron chi connectivity index (χ2n) is 8.02. The molecule has 1 heterocycles. The normalized spacial score (nSPS) is 14.5. The maximum atomic E-state index is 12.3. The lowest BCUT2D eigenvalue weighted by Gasteiger charge is -2.32. The number of carbonyl (C=O) groups excluding carboxylic acids is 2. The maximum absolute atomic E-state index is 12.3. The molecule has 1 N–H and O–H groups in total. The molecule has 3 rings (SSSR count). The van der Waals surface area contributed by atoms with Gasteiger partial charge in [-0.05, 0) is 67.6 Å². The van der Waals surface area contributed by atoms with E-state index >= 15 is 0 Å². The highest BCUT2D eigenvalue weighted by Gasteiger charge is 2.17. The Morgan fingerprint density at radius 2 is 1.79 bits per heavy atom. The molecule has 2 aromatic rings. The predicted molar refractivity (Wildman–Crippen MR) is 120 cm³/mol. The molecule has 0 radical (unpaired) electrons. The summed E-state index contributed by atoms with van der Waals surface area (Å²) in [5, 5.41) is 2.90. The van der Waals surface area contributed by atoms with E-state index in [-0.39, 0.29) is 18.2 Å². The number of nitrogens with one attached hydrogen (secondary N) is 1. The number of anilines is 3. The molecule has 0 aromatic heterocycles. The molecule has 0 saturated carbocycles. The van der Waals surface area contributed by atoms with E-state index in [2.05, 4.69) is 29.3 Å². The highest BCUT2D eigenvalue weighted by Crippen LogP contribution is 2.25. The minimum Gasteiger partial charge on any atom is -0.372 e. The molecule has 1 saturated heterocycles. The Balaban J connectivity index is 1.59. The fraction of sp³-hybridized carbons (Fsp3) is 0.417. The average Bonchev–Trinajstić information content (AvgIpc) is 2.69. The van der Waals surface area contributed by atoms with Crippen molar-refractivity contribution in [3.8, 4) is 0 Å². The first-order valence-electron chi connectivity index (χ1n) is 10.4. The first kappa shape index (κ1) is 20.9. The molecule has 0 bridgehead atoms. The van der Waals surface area contributed by atoms with Gasteiger partial charge in [0.25, 0.3) is 0 Å². The van der Waals surface area contributed by atoms with Crippen molar-refractivity contribution >= 4 is 28.9 Å². The summed E-state index contributed by atoms with van der Waals surface area (Å²) in [6.45, 7) is 8.35. The van der Waals surface area contributed by atoms with Gasteiger partial charge in [0.15, 0.2) is 0 Å². The number of rotatable bonds is 6. The van der Waals surface area contributed by atoms with E-state index in [0.29, 0.717) is 6.54 Å². The van der Waals surface area contributed by atoms with Gasteiger partial charge in [-0.1, -0.05) is 19.1 Å². The van der Waals surface area contributed by atoms with Crippen LogP contribution in [0.2, 0.25) is 0 Å². The van der Waals surface area contributed by atoms with Gasteiger partial charge in [0.05, 0.1) is 0 Å². The van der Waals surface area contributed by atoms with E-state index in [1.807, 2.05) is 43.3 Å². The molecule has 154 valence electrons. The van der Waals surface area contributed by atoms with E-state index in [1.165, 1.54) is 18.5 Å². The van der Waals surface area contributed by atoms with Crippen LogP contribution in [0.5, 0.6) is 0 Å². The summed E-state index contributed by atoms with van der Waals surface area (Å²) in [5.74, 6) is 0.637. The Morgan fingerprint density at radius 1 is 1.10 bits per heavy atom. The van der Waals surface area contributed by atoms with E-state index in [4.69, 9.17) is 0 Å². The summed E-state index contributed by atoms with van der Waals surface area (Å²) in [5.41, 5.74) is 3.90. The Labute approximate surface area is 173 Å². The maximum Gasteiger partial charge on any atom is 0.226 e. The Morgan fingerprint density at radius 3 is 2.41 bits per heavy atom. The summed E-state index contributed by atoms with van der Waals surface area (Å²) >= 11 is 0. The number of benzene rings is 2. The molecule has 0 spiro atoms. The van der Waals surface area contributed by atoms with Gasteiger partial charge in [-0.2, -0.15) is 0 Å². The third-order valence-electron chi connectivity index (χ3n) is 5.55. The van der Waals surface area contributed by atoms with Crippen LogP contribution < -0.4 is 15.1 Å². The third-order valence-corrected chi connectivity index (χ3v) is 5.55. The van der Waals surface area contributed by atoms with Gasteiger partial charge >= 0.3 is 0 Å². The molecule has 1 aliphatic rings. The molecule has 5 nitrogen and oxygen atoms in total. The van der Waals surface area contributed by atoms with E-state index in [0.717, 1.165) is 35.9 Å². The Kier molecular flexibility index (Phi) is 6.91. The van der Waals surface area contributed by atoms with Gasteiger partial charge in [0, 0.05) is 50.0 Å². The molecule has 0 atom stereocenters. The van der Waals surface area contributed by atoms with Crippen LogP contribution in [0.1, 0.15) is 38.7 Å². The summed E-state index contributed by atoms with van der Waals surface area (Å²) < 4.78 is 0. The molecule has 1 fully saturated rings. The van der Waals surface area contributed by atoms with Crippen molar-refractivity contribution < 1.29 is 9.59 Å². The second-order valence-corrected chi connectivity index (χ2v) is 8.02. The zero-order valence-corrected chi connectivity index (χ0v) is 17.6. The standard InChI is InChI=1S/C24H31N3O2/c1-18-11-14-26(15-12-18)22-7-9-23(10-8-22)27(20(3)28)16-13-24(29)25-21-6-4-5-19(2)17-21/h4-10,17-18H,11-16H2,1-3H3,(H,25,29). The number of nitrogens with zero attached hydrogens (tertiary/aromatic N) is 2. The number of amides is 2. The molecule has 0 aliphatic carbocycles. The lowest BCUT2D eigenvalue weighted by atomic mass is 9.99. The SMILES string of the molecule is CC(=O)N(CCC(=O)Nc1cccc(C)c1)c1ccc(N2CCC(C)CC2)cc1. The minimum absolute atomic E-state index is 0.0621. The smallest absolute Gasteiger partial charge is 0.226 e. The average molecular weight is 394 g/mol. The van der Waals surface area contributed by atoms with E-state index in [9.17, 15) is 9.59 Å². The number of hydrogen-bond acceptors (Lipinski definition) is 3. The van der Waals surface area contributed by atoms with Crippen LogP contribution in [-0.2, 0) is 9.59 Å². The van der Waals surface area contributed by atoms with Crippen LogP contribution >= 0.6 is 0 Å². The van der Waals surface area contributed by atoms with Crippen molar-refractivity contribution in [2.45, 2.75) is 40.0 Å². The molecule has 2 aromatic carbocycles. The lowest BCUT2D eigenvalue weighted by molar-refractivity contribution is -0.117. The largest absolute Gasteiger partial charge is 0.372 e. The minimum atomic E-state index is -0.0964. The van der Waals surface area contributed by atoms with Crippen molar-refractivity contribution in [1.29, 1.82) is 0 Å². The highest BCUT2D eigenvalue weighted by atomic mass is 16.2. The molecular formula is C24H31N3O2. The van der Waals surface area contributed by atoms with Crippen LogP contribution in [0.4, 0.5) is 17.1 Å². The van der Waals surface area contributed by atoms with Crippen molar-refractivity contribution in [2.75, 3.05) is 34.8 Å². The highest BCUT2D eigenvalue weighted by molar-refractivity contribution is 5.95. The first-order valence-corrected chi connectivity index (χ1v) is 10.4. The number of hydrogen-bond donors (Lipinski definition) is 1. The van der Waals surface area contributed by atoms with Gasteiger partial charge in [-0.3, -0.25) is 9.59 Å². The Bertz CT molecular complexity index is 839. The fourth-order valence-electron chi connectivity index (χ4n) is 3.74. The third kappa shape index (κ3) is 5.83. The number of carbonyl (C=O) groups is 2. The van der Waals surface area contributed by atoms with Crippen molar-refractivity contribution in [1.82, 2.24) is 0 Å². The summed E-state index contributed by atoms with van der Waals surface area (Å²) in [6.07, 6.45) is 2.69. The van der Waals surface area contributed by atoms with Crippen LogP contribution in [0.3, 0.4) is 0 Å². The monoisotopic (exact) mass is 393 g/mol. The Hall–Kier alpha value is -2.82. The van der Waals surface area contributed by atoms with E-state index < -0.39 is 0 Å². The van der Waals surface area contributed by atoms with Crippen molar-refractivity contribution in [3.63, 3.8) is 0 Å². The summed E-state index contributed by atoms with van der Waals surface area (Å²) in [4.78, 5) is 28.5. The van der Waals surface area contributed by atoms with Crippen LogP contribution in [-0.4, -0.2) is 31.4 Å². The fourth-order valence-corrected chi connectivity index (χ4v) is 3.74. The van der Waals surface area contributed by atoms with E-state index in [1.54, 1.807) is 11.8 Å². The number of piperidine rings is 1. The van der Waals surface area contributed by atoms with Gasteiger partial charge in [-0.15, -0.1) is 0 Å². The predicted octanol–water partition coefficient (Wildman–Crippen LogP) is 4.61. The molecular weight excluding hydrogens is 362 g/mol.